The summed E-state index contributed by atoms with van der Waals surface area (Å²) in [7, 11) is 9.51. The van der Waals surface area contributed by atoms with Crippen molar-refractivity contribution in [2.45, 2.75) is 123 Å². The van der Waals surface area contributed by atoms with Crippen molar-refractivity contribution < 1.29 is 72.1 Å². The monoisotopic (exact) mass is 1170 g/mol. The molecule has 0 aromatic rings. The van der Waals surface area contributed by atoms with Gasteiger partial charge in [0.1, 0.15) is 42.9 Å². The van der Waals surface area contributed by atoms with Crippen LogP contribution in [0.4, 0.5) is 4.79 Å². The highest BCUT2D eigenvalue weighted by atomic mass is 16.6. The molecule has 1 aliphatic rings. The van der Waals surface area contributed by atoms with E-state index in [0.29, 0.717) is 26.2 Å². The van der Waals surface area contributed by atoms with Crippen molar-refractivity contribution >= 4 is 65.2 Å². The molecule has 11 amide bonds. The number of nitrogens with one attached hydrogen (secondary N) is 4. The number of hydrogen-bond acceptors (Lipinski definition) is 17. The summed E-state index contributed by atoms with van der Waals surface area (Å²) in [4.78, 5) is 161. The van der Waals surface area contributed by atoms with Gasteiger partial charge >= 0.3 is 6.09 Å². The van der Waals surface area contributed by atoms with Crippen LogP contribution in [0.15, 0.2) is 24.4 Å². The molecule has 0 bridgehead atoms. The van der Waals surface area contributed by atoms with Crippen LogP contribution in [0, 0.1) is 5.92 Å². The van der Waals surface area contributed by atoms with Crippen LogP contribution in [0.1, 0.15) is 74.7 Å². The number of likely N-dealkylation sites (N-methyl/N-ethyl adjacent to an activating group) is 7. The highest BCUT2D eigenvalue weighted by molar-refractivity contribution is 5.97. The maximum atomic E-state index is 14.4. The SMILES string of the molecule is C=C1C(C)NC(=O)CN(C)C(=O)CN(C)C(=O)C(CC)NC(=O)C(C(O)C(C)C/C=C/C)N(C)C(=O)C(C)N(C)C(=O)C(CC)N(C)C(=O)CN(C)C(=O)C(C)N(CCOC(=O)NCCOCCOCCN)C(=O)C(C)NC(=O)CN1C. The average Bonchev–Trinajstić information content (AvgIpc) is 3.43. The summed E-state index contributed by atoms with van der Waals surface area (Å²) in [5, 5.41) is 22.3. The Kier molecular flexibility index (Phi) is 32.6. The van der Waals surface area contributed by atoms with Gasteiger partial charge in [-0.1, -0.05) is 39.5 Å². The maximum Gasteiger partial charge on any atom is 0.407 e. The molecule has 9 atom stereocenters. The lowest BCUT2D eigenvalue weighted by molar-refractivity contribution is -0.154. The summed E-state index contributed by atoms with van der Waals surface area (Å²) >= 11 is 0. The molecule has 0 saturated carbocycles. The molecule has 82 heavy (non-hydrogen) atoms. The number of allylic oxidation sites excluding steroid dienone is 2. The van der Waals surface area contributed by atoms with Crippen LogP contribution < -0.4 is 27.0 Å². The second-order valence-electron chi connectivity index (χ2n) is 20.5. The van der Waals surface area contributed by atoms with Crippen molar-refractivity contribution in [2.75, 3.05) is 128 Å². The van der Waals surface area contributed by atoms with Crippen LogP contribution in [-0.2, 0) is 62.2 Å². The topological polar surface area (TPSA) is 336 Å². The maximum absolute atomic E-state index is 14.4. The third-order valence-corrected chi connectivity index (χ3v) is 14.1. The standard InChI is InChI=1S/C54H95N13O15/c1-17-20-21-34(4)47(72)46-48(73)59-40(18-2)52(77)63(13)32-44(70)61(11)31-43(69)57-35(5)37(7)60(10)30-42(68)58-36(6)49(74)67(24-27-82-54(79)56-23-26-81-29-28-80-25-22-55)39(9)50(75)62(12)33-45(71)65(15)41(19-3)53(78)64(14)38(8)51(76)66(46)16/h17,20,34-36,38-41,46-47,72H,7,18-19,21-33,55H2,1-6,8-16H3,(H,56,79)(H,57,69)(H,58,68)(H,59,73)/b20-17+. The average molecular weight is 1170 g/mol. The first-order chi connectivity index (χ1) is 38.4. The van der Waals surface area contributed by atoms with Gasteiger partial charge in [-0.15, -0.1) is 0 Å². The molecule has 0 radical (unpaired) electrons. The van der Waals surface area contributed by atoms with Gasteiger partial charge in [0, 0.05) is 68.1 Å². The zero-order valence-corrected chi connectivity index (χ0v) is 51.0. The molecule has 9 unspecified atom stereocenters. The predicted molar refractivity (Wildman–Crippen MR) is 304 cm³/mol. The number of nitrogens with two attached hydrogens (primary N) is 1. The molecule has 1 heterocycles. The van der Waals surface area contributed by atoms with Gasteiger partial charge < -0.3 is 85.5 Å². The minimum absolute atomic E-state index is 0.0353. The number of carbonyl (C=O) groups is 11. The van der Waals surface area contributed by atoms with Crippen molar-refractivity contribution in [2.24, 2.45) is 11.7 Å². The zero-order chi connectivity index (χ0) is 62.7. The number of aliphatic hydroxyl groups is 1. The van der Waals surface area contributed by atoms with E-state index in [2.05, 4.69) is 27.8 Å². The van der Waals surface area contributed by atoms with Gasteiger partial charge in [-0.2, -0.15) is 0 Å². The Morgan fingerprint density at radius 2 is 1.23 bits per heavy atom. The van der Waals surface area contributed by atoms with Crippen molar-refractivity contribution in [3.8, 4) is 0 Å². The van der Waals surface area contributed by atoms with E-state index in [-0.39, 0.29) is 51.4 Å². The van der Waals surface area contributed by atoms with Crippen LogP contribution in [0.2, 0.25) is 0 Å². The molecule has 0 spiro atoms. The van der Waals surface area contributed by atoms with Crippen molar-refractivity contribution in [3.63, 3.8) is 0 Å². The number of aliphatic hydroxyl groups excluding tert-OH is 1. The first-order valence-electron chi connectivity index (χ1n) is 27.6. The molecule has 466 valence electrons. The summed E-state index contributed by atoms with van der Waals surface area (Å²) < 4.78 is 16.0. The van der Waals surface area contributed by atoms with Crippen LogP contribution in [0.25, 0.3) is 0 Å². The second-order valence-corrected chi connectivity index (χ2v) is 20.5. The summed E-state index contributed by atoms with van der Waals surface area (Å²) in [5.41, 5.74) is 5.67. The van der Waals surface area contributed by atoms with Crippen molar-refractivity contribution in [1.82, 2.24) is 60.5 Å². The minimum Gasteiger partial charge on any atom is -0.448 e. The van der Waals surface area contributed by atoms with Crippen molar-refractivity contribution in [1.29, 1.82) is 0 Å². The van der Waals surface area contributed by atoms with E-state index >= 15 is 0 Å². The molecule has 7 N–H and O–H groups in total. The van der Waals surface area contributed by atoms with Gasteiger partial charge in [0.2, 0.25) is 59.1 Å². The van der Waals surface area contributed by atoms with E-state index < -0.39 is 146 Å². The van der Waals surface area contributed by atoms with E-state index in [9.17, 15) is 57.8 Å². The summed E-state index contributed by atoms with van der Waals surface area (Å²) in [6.45, 7) is 15.4. The molecule has 1 saturated heterocycles. The molecule has 0 aliphatic carbocycles. The fraction of sp³-hybridized carbons (Fsp3) is 0.722. The summed E-state index contributed by atoms with van der Waals surface area (Å²) in [6, 6.07) is -8.65. The molecule has 0 aromatic heterocycles. The Bertz CT molecular complexity index is 2220. The minimum atomic E-state index is -1.59. The third kappa shape index (κ3) is 22.8. The van der Waals surface area contributed by atoms with Crippen LogP contribution in [-0.4, -0.2) is 286 Å². The number of rotatable bonds is 17. The van der Waals surface area contributed by atoms with Crippen molar-refractivity contribution in [3.05, 3.63) is 24.4 Å². The van der Waals surface area contributed by atoms with Gasteiger partial charge in [0.15, 0.2) is 0 Å². The molecule has 1 rings (SSSR count). The van der Waals surface area contributed by atoms with Crippen LogP contribution >= 0.6 is 0 Å². The lowest BCUT2D eigenvalue weighted by atomic mass is 9.92. The first-order valence-corrected chi connectivity index (χ1v) is 27.6. The van der Waals surface area contributed by atoms with Gasteiger partial charge in [-0.05, 0) is 59.8 Å². The summed E-state index contributed by atoms with van der Waals surface area (Å²) in [5.74, 6) is -7.73. The zero-order valence-electron chi connectivity index (χ0n) is 51.0. The van der Waals surface area contributed by atoms with Gasteiger partial charge in [-0.25, -0.2) is 4.79 Å². The van der Waals surface area contributed by atoms with Crippen LogP contribution in [0.3, 0.4) is 0 Å². The number of alkyl carbamates (subject to hydrolysis) is 1. The molecule has 1 aliphatic heterocycles. The van der Waals surface area contributed by atoms with Crippen LogP contribution in [0.5, 0.6) is 0 Å². The largest absolute Gasteiger partial charge is 0.448 e. The third-order valence-electron chi connectivity index (χ3n) is 14.1. The number of nitrogens with zero attached hydrogens (tertiary/aromatic N) is 8. The highest BCUT2D eigenvalue weighted by Gasteiger charge is 2.42. The Labute approximate surface area is 483 Å². The van der Waals surface area contributed by atoms with E-state index in [4.69, 9.17) is 19.9 Å². The molecule has 0 aromatic carbocycles. The van der Waals surface area contributed by atoms with Gasteiger partial charge in [-0.3, -0.25) is 47.9 Å². The Balaban J connectivity index is 3.75. The summed E-state index contributed by atoms with van der Waals surface area (Å²) in [6.07, 6.45) is 1.60. The Morgan fingerprint density at radius 3 is 1.80 bits per heavy atom. The molecule has 28 nitrogen and oxygen atoms in total. The quantitative estimate of drug-likeness (QED) is 0.0650. The normalized spacial score (nSPS) is 24.3. The van der Waals surface area contributed by atoms with E-state index in [1.165, 1.54) is 75.0 Å². The molecular formula is C54H95N13O15. The Morgan fingerprint density at radius 1 is 0.671 bits per heavy atom. The highest BCUT2D eigenvalue weighted by Crippen LogP contribution is 2.20. The second kappa shape index (κ2) is 36.5. The Hall–Kier alpha value is -6.91. The fourth-order valence-electron chi connectivity index (χ4n) is 8.61. The number of hydrogen-bond donors (Lipinski definition) is 6. The fourth-order valence-corrected chi connectivity index (χ4v) is 8.61. The first kappa shape index (κ1) is 73.1. The molecular weight excluding hydrogens is 1070 g/mol. The molecule has 28 heteroatoms. The smallest absolute Gasteiger partial charge is 0.407 e. The van der Waals surface area contributed by atoms with Gasteiger partial charge in [0.05, 0.1) is 71.3 Å². The lowest BCUT2D eigenvalue weighted by Crippen LogP contribution is -2.62. The number of amides is 11. The van der Waals surface area contributed by atoms with E-state index in [0.717, 1.165) is 34.3 Å². The van der Waals surface area contributed by atoms with Gasteiger partial charge in [0.25, 0.3) is 0 Å². The van der Waals surface area contributed by atoms with E-state index in [1.54, 1.807) is 46.8 Å². The number of carbonyl (C=O) groups excluding carboxylic acids is 11. The van der Waals surface area contributed by atoms with E-state index in [1.807, 2.05) is 0 Å². The number of ether oxygens (including phenoxy) is 3. The molecule has 1 fully saturated rings. The lowest BCUT2D eigenvalue weighted by Gasteiger charge is -2.38. The predicted octanol–water partition coefficient (Wildman–Crippen LogP) is -2.47.